The summed E-state index contributed by atoms with van der Waals surface area (Å²) in [4.78, 5) is 0. The van der Waals surface area contributed by atoms with Crippen LogP contribution in [0, 0.1) is 0 Å². The number of aliphatic hydroxyl groups is 1. The summed E-state index contributed by atoms with van der Waals surface area (Å²) in [7, 11) is -1.98. The lowest BCUT2D eigenvalue weighted by molar-refractivity contribution is -0.154. The van der Waals surface area contributed by atoms with Crippen LogP contribution in [0.5, 0.6) is 0 Å². The first kappa shape index (κ1) is 17.8. The zero-order valence-corrected chi connectivity index (χ0v) is 14.9. The van der Waals surface area contributed by atoms with E-state index in [1.807, 2.05) is 13.8 Å². The lowest BCUT2D eigenvalue weighted by Gasteiger charge is -2.40. The highest BCUT2D eigenvalue weighted by Crippen LogP contribution is 2.39. The van der Waals surface area contributed by atoms with Crippen LogP contribution in [-0.2, 0) is 13.9 Å². The van der Waals surface area contributed by atoms with E-state index in [2.05, 4.69) is 40.4 Å². The molecule has 0 saturated carbocycles. The molecule has 0 aromatic heterocycles. The van der Waals surface area contributed by atoms with Crippen LogP contribution in [0.1, 0.15) is 34.6 Å². The van der Waals surface area contributed by atoms with Gasteiger partial charge >= 0.3 is 0 Å². The van der Waals surface area contributed by atoms with Gasteiger partial charge in [0.15, 0.2) is 14.1 Å². The average Bonchev–Trinajstić information content (AvgIpc) is 2.60. The molecule has 4 nitrogen and oxygen atoms in total. The van der Waals surface area contributed by atoms with Crippen molar-refractivity contribution in [1.29, 1.82) is 0 Å². The van der Waals surface area contributed by atoms with Crippen molar-refractivity contribution in [2.75, 3.05) is 6.61 Å². The number of hydrogen-bond acceptors (Lipinski definition) is 4. The molecule has 0 unspecified atom stereocenters. The van der Waals surface area contributed by atoms with Gasteiger partial charge in [-0.25, -0.2) is 0 Å². The van der Waals surface area contributed by atoms with Crippen molar-refractivity contribution in [2.24, 2.45) is 0 Å². The Bertz CT molecular complexity index is 346. The second-order valence-corrected chi connectivity index (χ2v) is 12.2. The fourth-order valence-corrected chi connectivity index (χ4v) is 3.37. The minimum absolute atomic E-state index is 0.0824. The van der Waals surface area contributed by atoms with Crippen molar-refractivity contribution in [3.63, 3.8) is 0 Å². The Hall–Kier alpha value is -0.203. The summed E-state index contributed by atoms with van der Waals surface area (Å²) >= 11 is 0. The van der Waals surface area contributed by atoms with Gasteiger partial charge in [0.1, 0.15) is 12.2 Å². The van der Waals surface area contributed by atoms with E-state index in [1.54, 1.807) is 6.08 Å². The van der Waals surface area contributed by atoms with Crippen molar-refractivity contribution >= 4 is 8.32 Å². The number of hydrogen-bond donors (Lipinski definition) is 1. The van der Waals surface area contributed by atoms with Gasteiger partial charge in [0.2, 0.25) is 0 Å². The molecule has 1 rings (SSSR count). The minimum atomic E-state index is -1.98. The zero-order valence-electron chi connectivity index (χ0n) is 13.9. The molecule has 5 heteroatoms. The molecular formula is C15H30O4Si. The van der Waals surface area contributed by atoms with Crippen molar-refractivity contribution < 1.29 is 19.0 Å². The maximum Gasteiger partial charge on any atom is 0.192 e. The highest BCUT2D eigenvalue weighted by Gasteiger charge is 2.47. The Morgan fingerprint density at radius 3 is 2.30 bits per heavy atom. The Morgan fingerprint density at radius 2 is 1.90 bits per heavy atom. The summed E-state index contributed by atoms with van der Waals surface area (Å²) in [6.07, 6.45) is 0.756. The lowest BCUT2D eigenvalue weighted by atomic mass is 10.1. The summed E-state index contributed by atoms with van der Waals surface area (Å²) in [6, 6.07) is 0. The quantitative estimate of drug-likeness (QED) is 0.626. The molecular weight excluding hydrogens is 272 g/mol. The Labute approximate surface area is 124 Å². The topological polar surface area (TPSA) is 47.9 Å². The number of ether oxygens (including phenoxy) is 2. The fourth-order valence-electron chi connectivity index (χ4n) is 2.05. The van der Waals surface area contributed by atoms with Crippen molar-refractivity contribution in [1.82, 2.24) is 0 Å². The van der Waals surface area contributed by atoms with Crippen molar-refractivity contribution in [2.45, 2.75) is 76.8 Å². The van der Waals surface area contributed by atoms with E-state index in [1.165, 1.54) is 0 Å². The third-order valence-electron chi connectivity index (χ3n) is 4.19. The van der Waals surface area contributed by atoms with Gasteiger partial charge in [-0.3, -0.25) is 0 Å². The predicted molar refractivity (Wildman–Crippen MR) is 83.2 cm³/mol. The third-order valence-corrected chi connectivity index (χ3v) is 8.70. The normalized spacial score (nSPS) is 28.4. The second kappa shape index (κ2) is 5.89. The fraction of sp³-hybridized carbons (Fsp3) is 0.867. The first-order valence-electron chi connectivity index (χ1n) is 7.20. The molecule has 0 radical (unpaired) electrons. The van der Waals surface area contributed by atoms with Crippen LogP contribution in [0.15, 0.2) is 12.7 Å². The van der Waals surface area contributed by atoms with Gasteiger partial charge in [0.05, 0.1) is 12.7 Å². The maximum atomic E-state index is 9.73. The third kappa shape index (κ3) is 3.92. The van der Waals surface area contributed by atoms with Crippen LogP contribution in [0.25, 0.3) is 0 Å². The molecule has 0 amide bonds. The van der Waals surface area contributed by atoms with Crippen LogP contribution in [-0.4, -0.2) is 44.1 Å². The Morgan fingerprint density at radius 1 is 1.35 bits per heavy atom. The molecule has 0 aromatic carbocycles. The van der Waals surface area contributed by atoms with E-state index in [9.17, 15) is 5.11 Å². The van der Waals surface area contributed by atoms with Crippen LogP contribution in [0.2, 0.25) is 18.1 Å². The molecule has 1 saturated heterocycles. The highest BCUT2D eigenvalue weighted by molar-refractivity contribution is 6.74. The van der Waals surface area contributed by atoms with Crippen molar-refractivity contribution in [3.05, 3.63) is 12.7 Å². The van der Waals surface area contributed by atoms with E-state index < -0.39 is 14.1 Å². The van der Waals surface area contributed by atoms with E-state index in [-0.39, 0.29) is 30.0 Å². The summed E-state index contributed by atoms with van der Waals surface area (Å²) < 4.78 is 18.0. The molecule has 3 atom stereocenters. The summed E-state index contributed by atoms with van der Waals surface area (Å²) in [6.45, 7) is 18.3. The van der Waals surface area contributed by atoms with E-state index in [0.717, 1.165) is 0 Å². The van der Waals surface area contributed by atoms with Crippen molar-refractivity contribution in [3.8, 4) is 0 Å². The molecule has 1 heterocycles. The smallest absolute Gasteiger partial charge is 0.192 e. The molecule has 0 spiro atoms. The Balaban J connectivity index is 2.89. The molecule has 0 aromatic rings. The molecule has 118 valence electrons. The van der Waals surface area contributed by atoms with Gasteiger partial charge in [0, 0.05) is 0 Å². The highest BCUT2D eigenvalue weighted by atomic mass is 28.4. The van der Waals surface area contributed by atoms with Crippen LogP contribution in [0.3, 0.4) is 0 Å². The maximum absolute atomic E-state index is 9.73. The van der Waals surface area contributed by atoms with Gasteiger partial charge in [0.25, 0.3) is 0 Å². The van der Waals surface area contributed by atoms with Crippen LogP contribution < -0.4 is 0 Å². The van der Waals surface area contributed by atoms with Crippen LogP contribution >= 0.6 is 0 Å². The van der Waals surface area contributed by atoms with Gasteiger partial charge in [-0.1, -0.05) is 26.8 Å². The summed E-state index contributed by atoms with van der Waals surface area (Å²) in [5, 5.41) is 9.81. The molecule has 1 N–H and O–H groups in total. The average molecular weight is 302 g/mol. The predicted octanol–water partition coefficient (Wildman–Crippen LogP) is 3.08. The monoisotopic (exact) mass is 302 g/mol. The first-order valence-corrected chi connectivity index (χ1v) is 10.1. The largest absolute Gasteiger partial charge is 0.409 e. The van der Waals surface area contributed by atoms with Gasteiger partial charge in [-0.15, -0.1) is 6.58 Å². The zero-order chi connectivity index (χ0) is 15.8. The first-order chi connectivity index (χ1) is 8.93. The Kier molecular flexibility index (Phi) is 5.25. The lowest BCUT2D eigenvalue weighted by Crippen LogP contribution is -2.50. The standard InChI is InChI=1S/C15H30O4Si/c1-9-11-13(18-15(5,6)17-11)12(10-16)19-20(7,8)14(2,3)4/h9,11-13,16H,1,10H2,2-8H3/t11-,12+,13-/m1/s1. The summed E-state index contributed by atoms with van der Waals surface area (Å²) in [5.74, 6) is -0.673. The number of aliphatic hydroxyl groups excluding tert-OH is 1. The van der Waals surface area contributed by atoms with E-state index >= 15 is 0 Å². The molecule has 1 aliphatic rings. The summed E-state index contributed by atoms with van der Waals surface area (Å²) in [5.41, 5.74) is 0. The SMILES string of the molecule is C=C[C@H]1OC(C)(C)O[C@H]1[C@H](CO)O[Si](C)(C)C(C)(C)C. The van der Waals surface area contributed by atoms with E-state index in [0.29, 0.717) is 0 Å². The molecule has 0 aliphatic carbocycles. The van der Waals surface area contributed by atoms with Gasteiger partial charge < -0.3 is 19.0 Å². The molecule has 0 bridgehead atoms. The number of rotatable bonds is 5. The van der Waals surface area contributed by atoms with Crippen LogP contribution in [0.4, 0.5) is 0 Å². The second-order valence-electron chi connectivity index (χ2n) is 7.40. The van der Waals surface area contributed by atoms with Gasteiger partial charge in [-0.05, 0) is 32.0 Å². The molecule has 20 heavy (non-hydrogen) atoms. The molecule has 1 aliphatic heterocycles. The molecule has 1 fully saturated rings. The van der Waals surface area contributed by atoms with E-state index in [4.69, 9.17) is 13.9 Å². The van der Waals surface area contributed by atoms with Gasteiger partial charge in [-0.2, -0.15) is 0 Å². The minimum Gasteiger partial charge on any atom is -0.409 e.